The molecule has 2 aliphatic rings. The number of nitrogens with zero attached hydrogens (tertiary/aromatic N) is 3. The predicted molar refractivity (Wildman–Crippen MR) is 149 cm³/mol. The summed E-state index contributed by atoms with van der Waals surface area (Å²) in [6.07, 6.45) is 8.88. The number of hydrogen-bond acceptors (Lipinski definition) is 5. The van der Waals surface area contributed by atoms with E-state index in [9.17, 15) is 14.4 Å². The molecule has 1 saturated carbocycles. The maximum atomic E-state index is 13.2. The van der Waals surface area contributed by atoms with Crippen molar-refractivity contribution >= 4 is 46.5 Å². The number of imide groups is 1. The number of hydrogen-bond donors (Lipinski definition) is 1. The first-order valence-corrected chi connectivity index (χ1v) is 13.6. The third kappa shape index (κ3) is 4.48. The van der Waals surface area contributed by atoms with Crippen LogP contribution >= 0.6 is 11.3 Å². The van der Waals surface area contributed by atoms with Gasteiger partial charge in [-0.1, -0.05) is 43.2 Å². The fourth-order valence-corrected chi connectivity index (χ4v) is 6.13. The van der Waals surface area contributed by atoms with Gasteiger partial charge in [0.2, 0.25) is 17.7 Å². The van der Waals surface area contributed by atoms with Crippen LogP contribution in [0.3, 0.4) is 0 Å². The second-order valence-electron chi connectivity index (χ2n) is 9.76. The van der Waals surface area contributed by atoms with Crippen molar-refractivity contribution in [3.05, 3.63) is 89.9 Å². The van der Waals surface area contributed by atoms with Crippen molar-refractivity contribution in [2.45, 2.75) is 32.1 Å². The van der Waals surface area contributed by atoms with Crippen LogP contribution in [0, 0.1) is 5.41 Å². The highest BCUT2D eigenvalue weighted by Gasteiger charge is 2.53. The lowest BCUT2D eigenvalue weighted by Gasteiger charge is -2.21. The van der Waals surface area contributed by atoms with Crippen LogP contribution in [0.5, 0.6) is 0 Å². The number of aromatic nitrogens is 2. The van der Waals surface area contributed by atoms with E-state index in [0.29, 0.717) is 11.4 Å². The topological polar surface area (TPSA) is 84.3 Å². The largest absolute Gasteiger partial charge is 0.322 e. The van der Waals surface area contributed by atoms with Gasteiger partial charge in [0.25, 0.3) is 0 Å². The SMILES string of the molecule is O=C(/C=C/c1cn(-c2ccccc2)nc1-c1cccs1)Nc1cccc(N2C(=O)CC3(CCCC3)C2=O)c1. The van der Waals surface area contributed by atoms with Gasteiger partial charge in [0, 0.05) is 29.9 Å². The Morgan fingerprint density at radius 1 is 0.974 bits per heavy atom. The van der Waals surface area contributed by atoms with E-state index in [-0.39, 0.29) is 24.1 Å². The Balaban J connectivity index is 1.21. The van der Waals surface area contributed by atoms with Crippen LogP contribution in [0.1, 0.15) is 37.7 Å². The summed E-state index contributed by atoms with van der Waals surface area (Å²) >= 11 is 1.59. The molecule has 8 heteroatoms. The van der Waals surface area contributed by atoms with E-state index in [0.717, 1.165) is 47.5 Å². The minimum atomic E-state index is -0.538. The molecule has 1 aliphatic heterocycles. The Hall–Kier alpha value is -4.30. The van der Waals surface area contributed by atoms with E-state index in [4.69, 9.17) is 5.10 Å². The molecule has 190 valence electrons. The summed E-state index contributed by atoms with van der Waals surface area (Å²) in [5.41, 5.74) is 3.01. The molecule has 2 fully saturated rings. The summed E-state index contributed by atoms with van der Waals surface area (Å²) in [6.45, 7) is 0. The highest BCUT2D eigenvalue weighted by Crippen LogP contribution is 2.48. The van der Waals surface area contributed by atoms with Crippen LogP contribution in [0.15, 0.2) is 84.4 Å². The number of carbonyl (C=O) groups is 3. The molecular formula is C30H26N4O3S. The second kappa shape index (κ2) is 9.87. The first kappa shape index (κ1) is 24.1. The Kier molecular flexibility index (Phi) is 6.25. The zero-order valence-corrected chi connectivity index (χ0v) is 21.5. The van der Waals surface area contributed by atoms with Gasteiger partial charge in [-0.05, 0) is 60.7 Å². The number of thiophene rings is 1. The molecule has 0 unspecified atom stereocenters. The van der Waals surface area contributed by atoms with Gasteiger partial charge in [0.1, 0.15) is 5.69 Å². The van der Waals surface area contributed by atoms with Gasteiger partial charge in [-0.15, -0.1) is 11.3 Å². The maximum absolute atomic E-state index is 13.2. The molecule has 1 saturated heterocycles. The summed E-state index contributed by atoms with van der Waals surface area (Å²) in [4.78, 5) is 41.1. The van der Waals surface area contributed by atoms with E-state index in [1.165, 1.54) is 11.0 Å². The fourth-order valence-electron chi connectivity index (χ4n) is 5.40. The molecule has 4 aromatic rings. The Morgan fingerprint density at radius 2 is 1.76 bits per heavy atom. The second-order valence-corrected chi connectivity index (χ2v) is 10.7. The summed E-state index contributed by atoms with van der Waals surface area (Å²) < 4.78 is 1.80. The molecule has 1 N–H and O–H groups in total. The molecule has 0 atom stereocenters. The van der Waals surface area contributed by atoms with Gasteiger partial charge in [-0.3, -0.25) is 14.4 Å². The minimum Gasteiger partial charge on any atom is -0.322 e. The highest BCUT2D eigenvalue weighted by molar-refractivity contribution is 7.13. The highest BCUT2D eigenvalue weighted by atomic mass is 32.1. The lowest BCUT2D eigenvalue weighted by Crippen LogP contribution is -2.34. The molecule has 1 spiro atoms. The van der Waals surface area contributed by atoms with Crippen LogP contribution in [0.25, 0.3) is 22.3 Å². The molecular weight excluding hydrogens is 496 g/mol. The lowest BCUT2D eigenvalue weighted by molar-refractivity contribution is -0.125. The average molecular weight is 523 g/mol. The predicted octanol–water partition coefficient (Wildman–Crippen LogP) is 6.08. The van der Waals surface area contributed by atoms with Crippen LogP contribution in [-0.2, 0) is 14.4 Å². The number of anilines is 2. The van der Waals surface area contributed by atoms with E-state index in [1.807, 2.05) is 54.0 Å². The monoisotopic (exact) mass is 522 g/mol. The third-order valence-electron chi connectivity index (χ3n) is 7.26. The van der Waals surface area contributed by atoms with E-state index >= 15 is 0 Å². The first-order valence-electron chi connectivity index (χ1n) is 12.7. The number of carbonyl (C=O) groups excluding carboxylic acids is 3. The van der Waals surface area contributed by atoms with Gasteiger partial charge in [0.15, 0.2) is 0 Å². The Morgan fingerprint density at radius 3 is 2.53 bits per heavy atom. The van der Waals surface area contributed by atoms with Gasteiger partial charge in [-0.25, -0.2) is 9.58 Å². The van der Waals surface area contributed by atoms with Gasteiger partial charge in [-0.2, -0.15) is 5.10 Å². The average Bonchev–Trinajstić information content (AvgIpc) is 3.72. The van der Waals surface area contributed by atoms with Gasteiger partial charge in [0.05, 0.1) is 21.7 Å². The molecule has 6 rings (SSSR count). The maximum Gasteiger partial charge on any atom is 0.248 e. The summed E-state index contributed by atoms with van der Waals surface area (Å²) in [5.74, 6) is -0.602. The van der Waals surface area contributed by atoms with Crippen molar-refractivity contribution < 1.29 is 14.4 Å². The summed E-state index contributed by atoms with van der Waals surface area (Å²) in [6, 6.07) is 20.7. The minimum absolute atomic E-state index is 0.111. The van der Waals surface area contributed by atoms with Crippen LogP contribution in [0.4, 0.5) is 11.4 Å². The number of benzene rings is 2. The van der Waals surface area contributed by atoms with Crippen molar-refractivity contribution in [1.82, 2.24) is 9.78 Å². The van der Waals surface area contributed by atoms with E-state index in [1.54, 1.807) is 46.4 Å². The number of amides is 3. The molecule has 7 nitrogen and oxygen atoms in total. The Bertz CT molecular complexity index is 1530. The number of rotatable bonds is 6. The quantitative estimate of drug-likeness (QED) is 0.246. The summed E-state index contributed by atoms with van der Waals surface area (Å²) in [5, 5.41) is 9.61. The normalized spacial score (nSPS) is 16.7. The lowest BCUT2D eigenvalue weighted by atomic mass is 9.84. The molecule has 0 bridgehead atoms. The molecule has 2 aromatic heterocycles. The number of para-hydroxylation sites is 1. The van der Waals surface area contributed by atoms with Crippen molar-refractivity contribution in [1.29, 1.82) is 0 Å². The molecule has 3 heterocycles. The third-order valence-corrected chi connectivity index (χ3v) is 8.14. The zero-order valence-electron chi connectivity index (χ0n) is 20.7. The van der Waals surface area contributed by atoms with Crippen molar-refractivity contribution in [3.63, 3.8) is 0 Å². The van der Waals surface area contributed by atoms with Crippen LogP contribution < -0.4 is 10.2 Å². The number of nitrogens with one attached hydrogen (secondary N) is 1. The van der Waals surface area contributed by atoms with E-state index < -0.39 is 5.41 Å². The zero-order chi connectivity index (χ0) is 26.1. The van der Waals surface area contributed by atoms with Crippen molar-refractivity contribution in [3.8, 4) is 16.3 Å². The van der Waals surface area contributed by atoms with E-state index in [2.05, 4.69) is 5.32 Å². The fraction of sp³-hybridized carbons (Fsp3) is 0.200. The summed E-state index contributed by atoms with van der Waals surface area (Å²) in [7, 11) is 0. The van der Waals surface area contributed by atoms with Gasteiger partial charge >= 0.3 is 0 Å². The van der Waals surface area contributed by atoms with Crippen LogP contribution in [-0.4, -0.2) is 27.5 Å². The smallest absolute Gasteiger partial charge is 0.248 e. The van der Waals surface area contributed by atoms with Crippen molar-refractivity contribution in [2.24, 2.45) is 5.41 Å². The molecule has 2 aromatic carbocycles. The molecule has 3 amide bonds. The molecule has 0 radical (unpaired) electrons. The van der Waals surface area contributed by atoms with Crippen LogP contribution in [0.2, 0.25) is 0 Å². The van der Waals surface area contributed by atoms with Crippen molar-refractivity contribution in [2.75, 3.05) is 10.2 Å². The first-order chi connectivity index (χ1) is 18.5. The molecule has 38 heavy (non-hydrogen) atoms. The van der Waals surface area contributed by atoms with Gasteiger partial charge < -0.3 is 5.32 Å². The molecule has 1 aliphatic carbocycles. The standard InChI is InChI=1S/C30H26N4O3S/c35-26(14-13-21-20-33(23-9-2-1-3-10-23)32-28(21)25-12-7-17-38-25)31-22-8-6-11-24(18-22)34-27(36)19-30(29(34)37)15-4-5-16-30/h1-3,6-14,17-18,20H,4-5,15-16,19H2,(H,31,35)/b14-13+. The Labute approximate surface area is 224 Å².